The minimum Gasteiger partial charge on any atom is -0.376 e. The van der Waals surface area contributed by atoms with E-state index in [-0.39, 0.29) is 19.3 Å². The van der Waals surface area contributed by atoms with Gasteiger partial charge >= 0.3 is 17.8 Å². The van der Waals surface area contributed by atoms with E-state index in [4.69, 9.17) is 4.74 Å². The van der Waals surface area contributed by atoms with Crippen molar-refractivity contribution in [3.8, 4) is 0 Å². The fraction of sp³-hybridized carbons (Fsp3) is 0.533. The lowest BCUT2D eigenvalue weighted by Gasteiger charge is -2.33. The highest BCUT2D eigenvalue weighted by atomic mass is 32.1. The fourth-order valence-corrected chi connectivity index (χ4v) is 3.42. The van der Waals surface area contributed by atoms with Gasteiger partial charge in [0.25, 0.3) is 0 Å². The first-order chi connectivity index (χ1) is 11.1. The number of rotatable bonds is 5. The van der Waals surface area contributed by atoms with Gasteiger partial charge in [0.05, 0.1) is 25.9 Å². The molecule has 2 fully saturated rings. The van der Waals surface area contributed by atoms with E-state index < -0.39 is 17.8 Å². The average Bonchev–Trinajstić information content (AvgIpc) is 3.14. The first-order valence-electron chi connectivity index (χ1n) is 7.63. The van der Waals surface area contributed by atoms with Crippen LogP contribution in [0, 0.1) is 0 Å². The van der Waals surface area contributed by atoms with Gasteiger partial charge in [-0.2, -0.15) is 0 Å². The summed E-state index contributed by atoms with van der Waals surface area (Å²) in [5, 5.41) is 1.87. The number of amides is 4. The third kappa shape index (κ3) is 3.29. The van der Waals surface area contributed by atoms with E-state index in [1.165, 1.54) is 11.3 Å². The van der Waals surface area contributed by atoms with Crippen LogP contribution in [0.15, 0.2) is 17.5 Å². The molecule has 0 saturated carbocycles. The molecule has 1 atom stereocenters. The molecule has 3 heterocycles. The number of hydrogen-bond donors (Lipinski definition) is 0. The Hall–Kier alpha value is -1.77. The number of carbonyl (C=O) groups excluding carboxylic acids is 3. The fourth-order valence-electron chi connectivity index (χ4n) is 2.73. The molecular weight excluding hydrogens is 318 g/mol. The number of ether oxygens (including phenoxy) is 1. The summed E-state index contributed by atoms with van der Waals surface area (Å²) in [5.74, 6) is -1.49. The van der Waals surface area contributed by atoms with Crippen molar-refractivity contribution in [3.05, 3.63) is 22.4 Å². The number of thiophene rings is 1. The van der Waals surface area contributed by atoms with Crippen LogP contribution in [0.1, 0.15) is 18.2 Å². The maximum absolute atomic E-state index is 12.4. The summed E-state index contributed by atoms with van der Waals surface area (Å²) in [5.41, 5.74) is 0. The molecule has 2 aliphatic rings. The second-order valence-corrected chi connectivity index (χ2v) is 6.64. The topological polar surface area (TPSA) is 70.2 Å². The number of carbonyl (C=O) groups is 3. The van der Waals surface area contributed by atoms with Crippen LogP contribution >= 0.6 is 11.3 Å². The molecule has 8 heteroatoms. The van der Waals surface area contributed by atoms with Crippen molar-refractivity contribution in [2.45, 2.75) is 26.0 Å². The van der Waals surface area contributed by atoms with Gasteiger partial charge in [0.2, 0.25) is 0 Å². The third-order valence-corrected chi connectivity index (χ3v) is 4.91. The summed E-state index contributed by atoms with van der Waals surface area (Å²) >= 11 is 1.45. The lowest BCUT2D eigenvalue weighted by molar-refractivity contribution is -0.144. The molecular formula is C15H19N3O4S. The molecule has 7 nitrogen and oxygen atoms in total. The predicted molar refractivity (Wildman–Crippen MR) is 83.6 cm³/mol. The monoisotopic (exact) mass is 337 g/mol. The molecule has 0 spiro atoms. The predicted octanol–water partition coefficient (Wildman–Crippen LogP) is 1.11. The normalized spacial score (nSPS) is 23.2. The Morgan fingerprint density at radius 1 is 1.26 bits per heavy atom. The molecule has 0 bridgehead atoms. The zero-order valence-corrected chi connectivity index (χ0v) is 13.8. The minimum absolute atomic E-state index is 0.106. The summed E-state index contributed by atoms with van der Waals surface area (Å²) in [6, 6.07) is 3.16. The second kappa shape index (κ2) is 6.77. The van der Waals surface area contributed by atoms with Crippen molar-refractivity contribution in [3.63, 3.8) is 0 Å². The molecule has 2 saturated heterocycles. The van der Waals surface area contributed by atoms with E-state index in [2.05, 4.69) is 0 Å². The molecule has 3 rings (SSSR count). The van der Waals surface area contributed by atoms with Crippen LogP contribution in [0.4, 0.5) is 4.79 Å². The van der Waals surface area contributed by atoms with E-state index in [1.807, 2.05) is 29.3 Å². The standard InChI is InChI=1S/C15H19N3O4S/c1-2-11-8-16(5-6-22-11)10-18-14(20)13(19)17(15(18)21)9-12-4-3-7-23-12/h3-4,7,11H,2,5-6,8-10H2,1H3. The molecule has 1 aromatic heterocycles. The van der Waals surface area contributed by atoms with Crippen LogP contribution in [0.25, 0.3) is 0 Å². The Morgan fingerprint density at radius 3 is 2.74 bits per heavy atom. The van der Waals surface area contributed by atoms with Crippen molar-refractivity contribution >= 4 is 29.2 Å². The van der Waals surface area contributed by atoms with Crippen LogP contribution in [-0.2, 0) is 20.9 Å². The van der Waals surface area contributed by atoms with Crippen LogP contribution in [0.3, 0.4) is 0 Å². The van der Waals surface area contributed by atoms with Crippen LogP contribution in [0.5, 0.6) is 0 Å². The largest absolute Gasteiger partial charge is 0.376 e. The van der Waals surface area contributed by atoms with Crippen molar-refractivity contribution in [1.29, 1.82) is 0 Å². The van der Waals surface area contributed by atoms with Gasteiger partial charge in [-0.15, -0.1) is 11.3 Å². The summed E-state index contributed by atoms with van der Waals surface area (Å²) in [6.07, 6.45) is 0.983. The second-order valence-electron chi connectivity index (χ2n) is 5.61. The Morgan fingerprint density at radius 2 is 2.04 bits per heavy atom. The van der Waals surface area contributed by atoms with E-state index in [0.717, 1.165) is 21.1 Å². The Bertz CT molecular complexity index is 604. The maximum Gasteiger partial charge on any atom is 0.335 e. The molecule has 124 valence electrons. The number of nitrogens with zero attached hydrogens (tertiary/aromatic N) is 3. The summed E-state index contributed by atoms with van der Waals surface area (Å²) in [4.78, 5) is 41.6. The molecule has 1 aromatic rings. The first kappa shape index (κ1) is 16.1. The Labute approximate surface area is 138 Å². The first-order valence-corrected chi connectivity index (χ1v) is 8.51. The molecule has 1 unspecified atom stereocenters. The lowest BCUT2D eigenvalue weighted by atomic mass is 10.2. The van der Waals surface area contributed by atoms with Crippen molar-refractivity contribution in [1.82, 2.24) is 14.7 Å². The molecule has 0 N–H and O–H groups in total. The zero-order valence-electron chi connectivity index (χ0n) is 12.9. The van der Waals surface area contributed by atoms with Gasteiger partial charge in [0.1, 0.15) is 0 Å². The van der Waals surface area contributed by atoms with Crippen molar-refractivity contribution < 1.29 is 19.1 Å². The van der Waals surface area contributed by atoms with Gasteiger partial charge in [0.15, 0.2) is 0 Å². The molecule has 23 heavy (non-hydrogen) atoms. The van der Waals surface area contributed by atoms with Crippen LogP contribution in [-0.4, -0.2) is 65.0 Å². The van der Waals surface area contributed by atoms with Crippen molar-refractivity contribution in [2.75, 3.05) is 26.4 Å². The van der Waals surface area contributed by atoms with E-state index in [1.54, 1.807) is 0 Å². The average molecular weight is 337 g/mol. The number of hydrogen-bond acceptors (Lipinski definition) is 6. The molecule has 4 amide bonds. The molecule has 0 aromatic carbocycles. The smallest absolute Gasteiger partial charge is 0.335 e. The lowest BCUT2D eigenvalue weighted by Crippen LogP contribution is -2.49. The minimum atomic E-state index is -0.747. The van der Waals surface area contributed by atoms with Gasteiger partial charge in [-0.1, -0.05) is 13.0 Å². The number of imide groups is 2. The van der Waals surface area contributed by atoms with Crippen molar-refractivity contribution in [2.24, 2.45) is 0 Å². The summed E-state index contributed by atoms with van der Waals surface area (Å²) in [7, 11) is 0. The van der Waals surface area contributed by atoms with Gasteiger partial charge in [0, 0.05) is 18.0 Å². The van der Waals surface area contributed by atoms with E-state index >= 15 is 0 Å². The SMILES string of the molecule is CCC1CN(CN2C(=O)C(=O)N(Cc3cccs3)C2=O)CCO1. The van der Waals surface area contributed by atoms with Gasteiger partial charge < -0.3 is 4.74 Å². The third-order valence-electron chi connectivity index (χ3n) is 4.05. The highest BCUT2D eigenvalue weighted by molar-refractivity contribution is 7.09. The molecule has 2 aliphatic heterocycles. The summed E-state index contributed by atoms with van der Waals surface area (Å²) in [6.45, 7) is 4.20. The zero-order chi connectivity index (χ0) is 16.4. The maximum atomic E-state index is 12.4. The van der Waals surface area contributed by atoms with Gasteiger partial charge in [-0.05, 0) is 17.9 Å². The van der Waals surface area contributed by atoms with Crippen LogP contribution < -0.4 is 0 Å². The summed E-state index contributed by atoms with van der Waals surface area (Å²) < 4.78 is 5.58. The quantitative estimate of drug-likeness (QED) is 0.595. The number of urea groups is 1. The van der Waals surface area contributed by atoms with Crippen LogP contribution in [0.2, 0.25) is 0 Å². The highest BCUT2D eigenvalue weighted by Gasteiger charge is 2.45. The number of morpholine rings is 1. The van der Waals surface area contributed by atoms with Gasteiger partial charge in [-0.25, -0.2) is 9.69 Å². The molecule has 0 aliphatic carbocycles. The Kier molecular flexibility index (Phi) is 4.74. The van der Waals surface area contributed by atoms with Gasteiger partial charge in [-0.3, -0.25) is 19.4 Å². The van der Waals surface area contributed by atoms with E-state index in [0.29, 0.717) is 19.7 Å². The Balaban J connectivity index is 1.67. The molecule has 0 radical (unpaired) electrons. The highest BCUT2D eigenvalue weighted by Crippen LogP contribution is 2.19. The van der Waals surface area contributed by atoms with E-state index in [9.17, 15) is 14.4 Å².